The van der Waals surface area contributed by atoms with Gasteiger partial charge in [-0.25, -0.2) is 0 Å². The van der Waals surface area contributed by atoms with Crippen molar-refractivity contribution in [3.63, 3.8) is 0 Å². The number of nitrogens with zero attached hydrogens (tertiary/aromatic N) is 1. The third kappa shape index (κ3) is 4.57. The molecular formula is C17H22N2O. The van der Waals surface area contributed by atoms with Gasteiger partial charge in [-0.15, -0.1) is 0 Å². The molecule has 1 aromatic heterocycles. The summed E-state index contributed by atoms with van der Waals surface area (Å²) in [6.07, 6.45) is 1.90. The van der Waals surface area contributed by atoms with Gasteiger partial charge in [0.25, 0.3) is 0 Å². The number of nitrogens with one attached hydrogen (secondary N) is 1. The molecule has 0 saturated heterocycles. The number of rotatable bonds is 6. The Kier molecular flexibility index (Phi) is 4.99. The lowest BCUT2D eigenvalue weighted by Gasteiger charge is -2.11. The molecule has 0 unspecified atom stereocenters. The molecule has 0 bridgehead atoms. The van der Waals surface area contributed by atoms with E-state index in [0.717, 1.165) is 30.3 Å². The van der Waals surface area contributed by atoms with Crippen LogP contribution in [0.15, 0.2) is 42.6 Å². The molecule has 0 radical (unpaired) electrons. The maximum absolute atomic E-state index is 5.72. The number of pyridine rings is 1. The molecule has 1 N–H and O–H groups in total. The van der Waals surface area contributed by atoms with Crippen LogP contribution in [0.25, 0.3) is 0 Å². The van der Waals surface area contributed by atoms with Crippen LogP contribution in [0.5, 0.6) is 5.75 Å². The molecule has 3 nitrogen and oxygen atoms in total. The molecule has 0 aliphatic heterocycles. The van der Waals surface area contributed by atoms with Gasteiger partial charge in [0, 0.05) is 30.2 Å². The first-order valence-electron chi connectivity index (χ1n) is 7.02. The van der Waals surface area contributed by atoms with Gasteiger partial charge in [-0.2, -0.15) is 0 Å². The summed E-state index contributed by atoms with van der Waals surface area (Å²) in [5, 5.41) is 3.39. The lowest BCUT2D eigenvalue weighted by atomic mass is 10.2. The Balaban J connectivity index is 1.92. The summed E-state index contributed by atoms with van der Waals surface area (Å²) >= 11 is 0. The average molecular weight is 270 g/mol. The Morgan fingerprint density at radius 1 is 1.20 bits per heavy atom. The standard InChI is InChI=1S/C17H22N2O/c1-13(2)12-20-17-6-4-5-16(9-17)19-11-15-8-7-14(3)18-10-15/h4-10,13,19H,11-12H2,1-3H3. The molecule has 0 aliphatic carbocycles. The van der Waals surface area contributed by atoms with E-state index < -0.39 is 0 Å². The van der Waals surface area contributed by atoms with Crippen molar-refractivity contribution >= 4 is 5.69 Å². The van der Waals surface area contributed by atoms with Crippen LogP contribution in [0.4, 0.5) is 5.69 Å². The van der Waals surface area contributed by atoms with E-state index in [1.807, 2.05) is 43.5 Å². The molecule has 2 aromatic rings. The SMILES string of the molecule is Cc1ccc(CNc2cccc(OCC(C)C)c2)cn1. The number of ether oxygens (including phenoxy) is 1. The summed E-state index contributed by atoms with van der Waals surface area (Å²) in [4.78, 5) is 4.29. The molecule has 0 saturated carbocycles. The zero-order chi connectivity index (χ0) is 14.4. The van der Waals surface area contributed by atoms with Crippen LogP contribution < -0.4 is 10.1 Å². The van der Waals surface area contributed by atoms with Gasteiger partial charge in [0.05, 0.1) is 6.61 Å². The fraction of sp³-hybridized carbons (Fsp3) is 0.353. The molecule has 0 atom stereocenters. The van der Waals surface area contributed by atoms with E-state index in [2.05, 4.69) is 30.2 Å². The lowest BCUT2D eigenvalue weighted by molar-refractivity contribution is 0.271. The Morgan fingerprint density at radius 3 is 2.75 bits per heavy atom. The summed E-state index contributed by atoms with van der Waals surface area (Å²) in [5.74, 6) is 1.44. The number of hydrogen-bond acceptors (Lipinski definition) is 3. The van der Waals surface area contributed by atoms with Crippen molar-refractivity contribution in [2.45, 2.75) is 27.3 Å². The van der Waals surface area contributed by atoms with E-state index in [4.69, 9.17) is 4.74 Å². The smallest absolute Gasteiger partial charge is 0.121 e. The van der Waals surface area contributed by atoms with Crippen LogP contribution >= 0.6 is 0 Å². The molecule has 0 spiro atoms. The highest BCUT2D eigenvalue weighted by molar-refractivity contribution is 5.48. The third-order valence-corrected chi connectivity index (χ3v) is 2.89. The Bertz CT molecular complexity index is 535. The summed E-state index contributed by atoms with van der Waals surface area (Å²) < 4.78 is 5.72. The number of aryl methyl sites for hydroxylation is 1. The van der Waals surface area contributed by atoms with E-state index in [1.54, 1.807) is 0 Å². The monoisotopic (exact) mass is 270 g/mol. The van der Waals surface area contributed by atoms with Crippen molar-refractivity contribution in [2.24, 2.45) is 5.92 Å². The van der Waals surface area contributed by atoms with Crippen molar-refractivity contribution in [2.75, 3.05) is 11.9 Å². The minimum atomic E-state index is 0.533. The first-order valence-corrected chi connectivity index (χ1v) is 7.02. The van der Waals surface area contributed by atoms with Gasteiger partial charge in [-0.3, -0.25) is 4.98 Å². The largest absolute Gasteiger partial charge is 0.493 e. The van der Waals surface area contributed by atoms with Crippen LogP contribution in [-0.2, 0) is 6.54 Å². The number of anilines is 1. The minimum Gasteiger partial charge on any atom is -0.493 e. The van der Waals surface area contributed by atoms with Crippen LogP contribution in [-0.4, -0.2) is 11.6 Å². The van der Waals surface area contributed by atoms with Gasteiger partial charge in [0.1, 0.15) is 5.75 Å². The first kappa shape index (κ1) is 14.4. The predicted octanol–water partition coefficient (Wildman–Crippen LogP) is 4.04. The molecule has 106 valence electrons. The lowest BCUT2D eigenvalue weighted by Crippen LogP contribution is -2.05. The molecule has 0 fully saturated rings. The van der Waals surface area contributed by atoms with Gasteiger partial charge < -0.3 is 10.1 Å². The number of hydrogen-bond donors (Lipinski definition) is 1. The predicted molar refractivity (Wildman–Crippen MR) is 83.1 cm³/mol. The topological polar surface area (TPSA) is 34.1 Å². The van der Waals surface area contributed by atoms with Gasteiger partial charge in [-0.05, 0) is 36.6 Å². The molecule has 0 aliphatic rings. The second kappa shape index (κ2) is 6.94. The van der Waals surface area contributed by atoms with Crippen LogP contribution in [0.1, 0.15) is 25.1 Å². The van der Waals surface area contributed by atoms with Crippen LogP contribution in [0, 0.1) is 12.8 Å². The van der Waals surface area contributed by atoms with E-state index in [1.165, 1.54) is 5.56 Å². The van der Waals surface area contributed by atoms with E-state index >= 15 is 0 Å². The molecule has 0 amide bonds. The highest BCUT2D eigenvalue weighted by Crippen LogP contribution is 2.18. The number of aromatic nitrogens is 1. The average Bonchev–Trinajstić information content (AvgIpc) is 2.45. The Hall–Kier alpha value is -2.03. The van der Waals surface area contributed by atoms with E-state index in [-0.39, 0.29) is 0 Å². The Labute approximate surface area is 121 Å². The first-order chi connectivity index (χ1) is 9.63. The van der Waals surface area contributed by atoms with Crippen molar-refractivity contribution in [3.8, 4) is 5.75 Å². The maximum Gasteiger partial charge on any atom is 0.121 e. The van der Waals surface area contributed by atoms with E-state index in [9.17, 15) is 0 Å². The summed E-state index contributed by atoms with van der Waals surface area (Å²) in [5.41, 5.74) is 3.27. The van der Waals surface area contributed by atoms with Crippen molar-refractivity contribution in [3.05, 3.63) is 53.9 Å². The molecule has 1 heterocycles. The van der Waals surface area contributed by atoms with Crippen LogP contribution in [0.3, 0.4) is 0 Å². The van der Waals surface area contributed by atoms with Crippen molar-refractivity contribution < 1.29 is 4.74 Å². The zero-order valence-electron chi connectivity index (χ0n) is 12.4. The van der Waals surface area contributed by atoms with Gasteiger partial charge in [-0.1, -0.05) is 26.0 Å². The summed E-state index contributed by atoms with van der Waals surface area (Å²) in [6, 6.07) is 12.2. The number of benzene rings is 1. The minimum absolute atomic E-state index is 0.533. The molecule has 3 heteroatoms. The quantitative estimate of drug-likeness (QED) is 0.860. The zero-order valence-corrected chi connectivity index (χ0v) is 12.4. The fourth-order valence-corrected chi connectivity index (χ4v) is 1.77. The van der Waals surface area contributed by atoms with E-state index in [0.29, 0.717) is 5.92 Å². The second-order valence-electron chi connectivity index (χ2n) is 5.39. The van der Waals surface area contributed by atoms with Gasteiger partial charge in [0.2, 0.25) is 0 Å². The Morgan fingerprint density at radius 2 is 2.05 bits per heavy atom. The normalized spacial score (nSPS) is 10.6. The fourth-order valence-electron chi connectivity index (χ4n) is 1.77. The maximum atomic E-state index is 5.72. The highest BCUT2D eigenvalue weighted by atomic mass is 16.5. The molecule has 1 aromatic carbocycles. The molecule has 20 heavy (non-hydrogen) atoms. The molecule has 2 rings (SSSR count). The second-order valence-corrected chi connectivity index (χ2v) is 5.39. The van der Waals surface area contributed by atoms with Gasteiger partial charge in [0.15, 0.2) is 0 Å². The van der Waals surface area contributed by atoms with Crippen molar-refractivity contribution in [1.29, 1.82) is 0 Å². The highest BCUT2D eigenvalue weighted by Gasteiger charge is 1.99. The molecular weight excluding hydrogens is 248 g/mol. The summed E-state index contributed by atoms with van der Waals surface area (Å²) in [7, 11) is 0. The summed E-state index contributed by atoms with van der Waals surface area (Å²) in [6.45, 7) is 7.79. The third-order valence-electron chi connectivity index (χ3n) is 2.89. The van der Waals surface area contributed by atoms with Crippen LogP contribution in [0.2, 0.25) is 0 Å². The van der Waals surface area contributed by atoms with Gasteiger partial charge >= 0.3 is 0 Å². The van der Waals surface area contributed by atoms with Crippen molar-refractivity contribution in [1.82, 2.24) is 4.98 Å².